The maximum Gasteiger partial charge on any atom is 0.294 e. The van der Waals surface area contributed by atoms with E-state index in [0.29, 0.717) is 20.7 Å². The van der Waals surface area contributed by atoms with E-state index in [-0.39, 0.29) is 4.21 Å². The number of halogens is 2. The fraction of sp³-hybridized carbons (Fsp3) is 0.0714. The predicted octanol–water partition coefficient (Wildman–Crippen LogP) is 4.55. The zero-order valence-corrected chi connectivity index (χ0v) is 15.5. The molecule has 2 heterocycles. The van der Waals surface area contributed by atoms with Crippen molar-refractivity contribution in [2.75, 3.05) is 0 Å². The minimum absolute atomic E-state index is 0.114. The second-order valence-electron chi connectivity index (χ2n) is 4.52. The molecular formula is C14H10Cl2N2O2S3. The van der Waals surface area contributed by atoms with Gasteiger partial charge in [-0.1, -0.05) is 40.6 Å². The second kappa shape index (κ2) is 6.41. The molecule has 0 aliphatic heterocycles. The molecule has 0 atom stereocenters. The Kier molecular flexibility index (Phi) is 4.66. The molecule has 9 heteroatoms. The van der Waals surface area contributed by atoms with Crippen LogP contribution in [0.5, 0.6) is 0 Å². The summed E-state index contributed by atoms with van der Waals surface area (Å²) in [6, 6.07) is 8.37. The molecule has 0 aliphatic carbocycles. The fourth-order valence-electron chi connectivity index (χ4n) is 2.01. The Bertz CT molecular complexity index is 1060. The summed E-state index contributed by atoms with van der Waals surface area (Å²) in [6.45, 7) is 4.16. The first kappa shape index (κ1) is 16.7. The van der Waals surface area contributed by atoms with Crippen LogP contribution < -0.4 is 4.80 Å². The molecule has 0 radical (unpaired) electrons. The molecule has 2 aromatic heterocycles. The molecule has 3 rings (SSSR count). The van der Waals surface area contributed by atoms with Crippen LogP contribution in [0.1, 0.15) is 0 Å². The van der Waals surface area contributed by atoms with Crippen molar-refractivity contribution in [1.82, 2.24) is 4.57 Å². The summed E-state index contributed by atoms with van der Waals surface area (Å²) in [5, 5.41) is 0.587. The van der Waals surface area contributed by atoms with Crippen LogP contribution in [0.4, 0.5) is 0 Å². The van der Waals surface area contributed by atoms with Gasteiger partial charge in [0.1, 0.15) is 4.21 Å². The number of thiophene rings is 1. The van der Waals surface area contributed by atoms with Gasteiger partial charge < -0.3 is 4.57 Å². The van der Waals surface area contributed by atoms with E-state index in [1.54, 1.807) is 22.8 Å². The molecule has 120 valence electrons. The van der Waals surface area contributed by atoms with E-state index in [0.717, 1.165) is 21.6 Å². The average molecular weight is 405 g/mol. The molecule has 0 fully saturated rings. The van der Waals surface area contributed by atoms with Crippen LogP contribution in [0, 0.1) is 0 Å². The Morgan fingerprint density at radius 1 is 1.22 bits per heavy atom. The molecule has 0 unspecified atom stereocenters. The van der Waals surface area contributed by atoms with Crippen molar-refractivity contribution in [3.63, 3.8) is 0 Å². The van der Waals surface area contributed by atoms with Crippen LogP contribution >= 0.6 is 45.9 Å². The van der Waals surface area contributed by atoms with Gasteiger partial charge in [0, 0.05) is 11.6 Å². The van der Waals surface area contributed by atoms with Gasteiger partial charge in [0.25, 0.3) is 10.0 Å². The number of thiazole rings is 1. The summed E-state index contributed by atoms with van der Waals surface area (Å²) in [7, 11) is -3.81. The molecule has 4 nitrogen and oxygen atoms in total. The van der Waals surface area contributed by atoms with E-state index in [1.807, 2.05) is 6.07 Å². The maximum atomic E-state index is 12.4. The van der Waals surface area contributed by atoms with Crippen LogP contribution in [0.25, 0.3) is 10.2 Å². The number of benzene rings is 1. The lowest BCUT2D eigenvalue weighted by Gasteiger charge is -2.01. The van der Waals surface area contributed by atoms with Gasteiger partial charge in [-0.05, 0) is 30.3 Å². The summed E-state index contributed by atoms with van der Waals surface area (Å²) in [4.78, 5) is 0.367. The predicted molar refractivity (Wildman–Crippen MR) is 97.1 cm³/mol. The average Bonchev–Trinajstić information content (AvgIpc) is 3.04. The zero-order valence-electron chi connectivity index (χ0n) is 11.6. The first-order valence-corrected chi connectivity index (χ1v) is 10.2. The summed E-state index contributed by atoms with van der Waals surface area (Å²) in [5.41, 5.74) is 0.859. The van der Waals surface area contributed by atoms with Crippen molar-refractivity contribution in [2.24, 2.45) is 4.40 Å². The Morgan fingerprint density at radius 3 is 2.65 bits per heavy atom. The maximum absolute atomic E-state index is 12.4. The quantitative estimate of drug-likeness (QED) is 0.598. The number of allylic oxidation sites excluding steroid dienone is 1. The second-order valence-corrected chi connectivity index (χ2v) is 9.51. The Balaban J connectivity index is 2.26. The lowest BCUT2D eigenvalue weighted by atomic mass is 10.3. The molecule has 0 N–H and O–H groups in total. The molecular weight excluding hydrogens is 395 g/mol. The monoisotopic (exact) mass is 404 g/mol. The highest BCUT2D eigenvalue weighted by molar-refractivity contribution is 7.92. The van der Waals surface area contributed by atoms with Crippen molar-refractivity contribution in [1.29, 1.82) is 0 Å². The van der Waals surface area contributed by atoms with Crippen LogP contribution in [0.3, 0.4) is 0 Å². The number of hydrogen-bond donors (Lipinski definition) is 0. The minimum Gasteiger partial charge on any atom is -0.312 e. The van der Waals surface area contributed by atoms with E-state index < -0.39 is 10.0 Å². The minimum atomic E-state index is -3.81. The zero-order chi connectivity index (χ0) is 16.6. The van der Waals surface area contributed by atoms with Crippen molar-refractivity contribution in [2.45, 2.75) is 10.8 Å². The summed E-state index contributed by atoms with van der Waals surface area (Å²) >= 11 is 14.1. The molecule has 3 aromatic rings. The van der Waals surface area contributed by atoms with E-state index in [2.05, 4.69) is 11.0 Å². The fourth-order valence-corrected chi connectivity index (χ4v) is 5.99. The molecule has 0 spiro atoms. The summed E-state index contributed by atoms with van der Waals surface area (Å²) < 4.78 is 32.0. The summed E-state index contributed by atoms with van der Waals surface area (Å²) in [6.07, 6.45) is 1.69. The lowest BCUT2D eigenvalue weighted by Crippen LogP contribution is -2.16. The molecule has 0 saturated heterocycles. The lowest BCUT2D eigenvalue weighted by molar-refractivity contribution is 0.598. The van der Waals surface area contributed by atoms with Crippen LogP contribution in [0.15, 0.2) is 51.6 Å². The van der Waals surface area contributed by atoms with Gasteiger partial charge in [-0.3, -0.25) is 0 Å². The van der Waals surface area contributed by atoms with Gasteiger partial charge in [0.15, 0.2) is 0 Å². The number of sulfonamides is 1. The first-order valence-electron chi connectivity index (χ1n) is 6.37. The Morgan fingerprint density at radius 2 is 2.00 bits per heavy atom. The number of fused-ring (bicyclic) bond motifs is 1. The van der Waals surface area contributed by atoms with E-state index in [9.17, 15) is 8.42 Å². The van der Waals surface area contributed by atoms with Crippen LogP contribution in [-0.4, -0.2) is 13.0 Å². The Hall–Kier alpha value is -1.12. The summed E-state index contributed by atoms with van der Waals surface area (Å²) in [5.74, 6) is 0. The van der Waals surface area contributed by atoms with Gasteiger partial charge in [0.05, 0.1) is 14.6 Å². The highest BCUT2D eigenvalue weighted by atomic mass is 35.5. The van der Waals surface area contributed by atoms with Crippen molar-refractivity contribution < 1.29 is 8.42 Å². The molecule has 23 heavy (non-hydrogen) atoms. The molecule has 1 aromatic carbocycles. The third-order valence-corrected chi connectivity index (χ3v) is 7.31. The van der Waals surface area contributed by atoms with E-state index in [1.165, 1.54) is 23.5 Å². The van der Waals surface area contributed by atoms with Gasteiger partial charge in [-0.2, -0.15) is 8.42 Å². The van der Waals surface area contributed by atoms with Gasteiger partial charge >= 0.3 is 0 Å². The van der Waals surface area contributed by atoms with Gasteiger partial charge in [-0.25, -0.2) is 0 Å². The Labute approximate surface area is 151 Å². The standard InChI is InChI=1S/C14H10Cl2N2O2S3/c1-2-7-18-10-4-3-9(15)8-11(10)21-14(18)17-23(19,20)13-6-5-12(16)22-13/h2-6,8H,1,7H2/b17-14-. The van der Waals surface area contributed by atoms with Crippen molar-refractivity contribution >= 4 is 66.1 Å². The SMILES string of the molecule is C=CCn1/c(=N/S(=O)(=O)c2ccc(Cl)s2)sc2cc(Cl)ccc21. The molecule has 0 bridgehead atoms. The van der Waals surface area contributed by atoms with Crippen LogP contribution in [0.2, 0.25) is 9.36 Å². The highest BCUT2D eigenvalue weighted by Gasteiger charge is 2.17. The van der Waals surface area contributed by atoms with Crippen molar-refractivity contribution in [3.8, 4) is 0 Å². The number of hydrogen-bond acceptors (Lipinski definition) is 4. The normalized spacial score (nSPS) is 12.9. The van der Waals surface area contributed by atoms with Crippen LogP contribution in [-0.2, 0) is 16.6 Å². The van der Waals surface area contributed by atoms with Gasteiger partial charge in [-0.15, -0.1) is 22.3 Å². The number of aromatic nitrogens is 1. The van der Waals surface area contributed by atoms with Crippen molar-refractivity contribution in [3.05, 3.63) is 57.1 Å². The number of rotatable bonds is 4. The first-order chi connectivity index (χ1) is 10.9. The largest absolute Gasteiger partial charge is 0.312 e. The van der Waals surface area contributed by atoms with Gasteiger partial charge in [0.2, 0.25) is 4.80 Å². The topological polar surface area (TPSA) is 51.4 Å². The third-order valence-electron chi connectivity index (χ3n) is 2.96. The number of nitrogens with zero attached hydrogens (tertiary/aromatic N) is 2. The molecule has 0 aliphatic rings. The molecule has 0 amide bonds. The van der Waals surface area contributed by atoms with E-state index >= 15 is 0 Å². The molecule has 0 saturated carbocycles. The van der Waals surface area contributed by atoms with E-state index in [4.69, 9.17) is 23.2 Å². The smallest absolute Gasteiger partial charge is 0.294 e. The highest BCUT2D eigenvalue weighted by Crippen LogP contribution is 2.27. The third kappa shape index (κ3) is 3.39.